The Morgan fingerprint density at radius 1 is 1.37 bits per heavy atom. The molecule has 1 atom stereocenters. The first-order chi connectivity index (χ1) is 9.25. The Kier molecular flexibility index (Phi) is 3.29. The fraction of sp³-hybridized carbons (Fsp3) is 0.500. The molecule has 0 bridgehead atoms. The lowest BCUT2D eigenvalue weighted by Gasteiger charge is -2.27. The summed E-state index contributed by atoms with van der Waals surface area (Å²) in [5.41, 5.74) is 2.85. The molecule has 0 aromatic carbocycles. The maximum absolute atomic E-state index is 4.75. The molecule has 0 amide bonds. The van der Waals surface area contributed by atoms with E-state index in [0.717, 1.165) is 23.6 Å². The van der Waals surface area contributed by atoms with Crippen molar-refractivity contribution in [3.63, 3.8) is 0 Å². The number of hydrogen-bond acceptors (Lipinski definition) is 4. The van der Waals surface area contributed by atoms with E-state index in [1.165, 1.54) is 12.8 Å². The monoisotopic (exact) mass is 257 g/mol. The van der Waals surface area contributed by atoms with Crippen molar-refractivity contribution in [2.75, 3.05) is 6.54 Å². The molecule has 0 spiro atoms. The van der Waals surface area contributed by atoms with Crippen molar-refractivity contribution in [1.29, 1.82) is 0 Å². The molecule has 3 heterocycles. The maximum atomic E-state index is 4.75. The Hall–Kier alpha value is -1.75. The van der Waals surface area contributed by atoms with Gasteiger partial charge in [-0.2, -0.15) is 5.10 Å². The van der Waals surface area contributed by atoms with Crippen LogP contribution in [-0.2, 0) is 0 Å². The number of aromatic nitrogens is 4. The van der Waals surface area contributed by atoms with Crippen LogP contribution < -0.4 is 0 Å². The smallest absolute Gasteiger partial charge is 0.107 e. The Labute approximate surface area is 113 Å². The van der Waals surface area contributed by atoms with Gasteiger partial charge in [-0.05, 0) is 39.3 Å². The molecule has 19 heavy (non-hydrogen) atoms. The summed E-state index contributed by atoms with van der Waals surface area (Å²) in [7, 11) is 0. The van der Waals surface area contributed by atoms with Gasteiger partial charge in [0.05, 0.1) is 29.8 Å². The van der Waals surface area contributed by atoms with Crippen molar-refractivity contribution in [3.05, 3.63) is 30.4 Å². The van der Waals surface area contributed by atoms with Crippen molar-refractivity contribution in [2.45, 2.75) is 38.8 Å². The normalized spacial score (nSPS) is 20.3. The fourth-order valence-corrected chi connectivity index (χ4v) is 2.79. The zero-order valence-electron chi connectivity index (χ0n) is 11.4. The average molecular weight is 257 g/mol. The summed E-state index contributed by atoms with van der Waals surface area (Å²) in [5.74, 6) is 0. The van der Waals surface area contributed by atoms with E-state index in [1.54, 1.807) is 12.4 Å². The second-order valence-electron chi connectivity index (χ2n) is 5.29. The Balaban J connectivity index is 1.91. The van der Waals surface area contributed by atoms with Gasteiger partial charge in [0.15, 0.2) is 0 Å². The summed E-state index contributed by atoms with van der Waals surface area (Å²) in [4.78, 5) is 11.6. The molecule has 100 valence electrons. The van der Waals surface area contributed by atoms with Crippen LogP contribution in [0, 0.1) is 0 Å². The van der Waals surface area contributed by atoms with Crippen LogP contribution in [0.3, 0.4) is 0 Å². The minimum absolute atomic E-state index is 0.398. The van der Waals surface area contributed by atoms with Crippen LogP contribution in [0.5, 0.6) is 0 Å². The lowest BCUT2D eigenvalue weighted by molar-refractivity contribution is 0.202. The molecule has 2 aromatic rings. The SMILES string of the molecule is CC(C)N1CCC[C@@H]1c1cncc(-c2ccn[nH]2)n1. The highest BCUT2D eigenvalue weighted by molar-refractivity contribution is 5.51. The van der Waals surface area contributed by atoms with E-state index in [1.807, 2.05) is 12.3 Å². The van der Waals surface area contributed by atoms with E-state index in [9.17, 15) is 0 Å². The number of rotatable bonds is 3. The summed E-state index contributed by atoms with van der Waals surface area (Å²) in [5, 5.41) is 6.90. The van der Waals surface area contributed by atoms with Crippen molar-refractivity contribution in [3.8, 4) is 11.4 Å². The summed E-state index contributed by atoms with van der Waals surface area (Å²) >= 11 is 0. The summed E-state index contributed by atoms with van der Waals surface area (Å²) in [6.07, 6.45) is 7.81. The highest BCUT2D eigenvalue weighted by atomic mass is 15.2. The number of H-pyrrole nitrogens is 1. The third kappa shape index (κ3) is 2.38. The zero-order chi connectivity index (χ0) is 13.2. The first kappa shape index (κ1) is 12.3. The molecule has 1 aliphatic heterocycles. The van der Waals surface area contributed by atoms with Crippen LogP contribution in [0.4, 0.5) is 0 Å². The summed E-state index contributed by atoms with van der Waals surface area (Å²) in [6, 6.07) is 2.86. The first-order valence-electron chi connectivity index (χ1n) is 6.83. The molecular weight excluding hydrogens is 238 g/mol. The maximum Gasteiger partial charge on any atom is 0.107 e. The molecule has 1 N–H and O–H groups in total. The standard InChI is InChI=1S/C14H19N5/c1-10(2)19-7-3-4-14(19)13-9-15-8-12(17-13)11-5-6-16-18-11/h5-6,8-10,14H,3-4,7H2,1-2H3,(H,16,18)/t14-/m1/s1. The topological polar surface area (TPSA) is 57.7 Å². The zero-order valence-corrected chi connectivity index (χ0v) is 11.4. The van der Waals surface area contributed by atoms with Gasteiger partial charge in [-0.3, -0.25) is 15.0 Å². The van der Waals surface area contributed by atoms with Gasteiger partial charge in [0.1, 0.15) is 5.69 Å². The van der Waals surface area contributed by atoms with Gasteiger partial charge in [-0.25, -0.2) is 4.98 Å². The second kappa shape index (κ2) is 5.09. The Morgan fingerprint density at radius 3 is 3.00 bits per heavy atom. The highest BCUT2D eigenvalue weighted by Crippen LogP contribution is 2.32. The molecule has 0 radical (unpaired) electrons. The minimum Gasteiger partial charge on any atom is -0.292 e. The molecule has 0 saturated carbocycles. The molecular formula is C14H19N5. The summed E-state index contributed by atoms with van der Waals surface area (Å²) < 4.78 is 0. The molecule has 3 rings (SSSR count). The van der Waals surface area contributed by atoms with E-state index in [0.29, 0.717) is 12.1 Å². The van der Waals surface area contributed by atoms with Crippen LogP contribution in [0.2, 0.25) is 0 Å². The van der Waals surface area contributed by atoms with Gasteiger partial charge < -0.3 is 0 Å². The molecule has 0 unspecified atom stereocenters. The van der Waals surface area contributed by atoms with Gasteiger partial charge >= 0.3 is 0 Å². The number of likely N-dealkylation sites (tertiary alicyclic amines) is 1. The highest BCUT2D eigenvalue weighted by Gasteiger charge is 2.29. The number of nitrogens with one attached hydrogen (secondary N) is 1. The molecule has 1 fully saturated rings. The van der Waals surface area contributed by atoms with Gasteiger partial charge in [-0.15, -0.1) is 0 Å². The predicted molar refractivity (Wildman–Crippen MR) is 73.4 cm³/mol. The second-order valence-corrected chi connectivity index (χ2v) is 5.29. The molecule has 0 aliphatic carbocycles. The van der Waals surface area contributed by atoms with Crippen LogP contribution in [-0.4, -0.2) is 37.7 Å². The van der Waals surface area contributed by atoms with Crippen molar-refractivity contribution in [1.82, 2.24) is 25.1 Å². The lowest BCUT2D eigenvalue weighted by atomic mass is 10.1. The van der Waals surface area contributed by atoms with E-state index < -0.39 is 0 Å². The largest absolute Gasteiger partial charge is 0.292 e. The number of nitrogens with zero attached hydrogens (tertiary/aromatic N) is 4. The third-order valence-electron chi connectivity index (χ3n) is 3.73. The first-order valence-corrected chi connectivity index (χ1v) is 6.83. The van der Waals surface area contributed by atoms with Gasteiger partial charge in [0, 0.05) is 12.2 Å². The number of hydrogen-bond donors (Lipinski definition) is 1. The lowest BCUT2D eigenvalue weighted by Crippen LogP contribution is -2.30. The van der Waals surface area contributed by atoms with Gasteiger partial charge in [0.25, 0.3) is 0 Å². The third-order valence-corrected chi connectivity index (χ3v) is 3.73. The molecule has 1 aliphatic rings. The summed E-state index contributed by atoms with van der Waals surface area (Å²) in [6.45, 7) is 5.63. The van der Waals surface area contributed by atoms with Crippen LogP contribution in [0.15, 0.2) is 24.7 Å². The molecule has 5 nitrogen and oxygen atoms in total. The fourth-order valence-electron chi connectivity index (χ4n) is 2.79. The number of aromatic amines is 1. The molecule has 1 saturated heterocycles. The molecule has 5 heteroatoms. The van der Waals surface area contributed by atoms with Crippen LogP contribution in [0.25, 0.3) is 11.4 Å². The van der Waals surface area contributed by atoms with E-state index >= 15 is 0 Å². The van der Waals surface area contributed by atoms with Crippen molar-refractivity contribution in [2.24, 2.45) is 0 Å². The van der Waals surface area contributed by atoms with Gasteiger partial charge in [-0.1, -0.05) is 0 Å². The van der Waals surface area contributed by atoms with Crippen LogP contribution in [0.1, 0.15) is 38.4 Å². The Morgan fingerprint density at radius 2 is 2.26 bits per heavy atom. The Bertz CT molecular complexity index is 535. The molecule has 2 aromatic heterocycles. The van der Waals surface area contributed by atoms with E-state index in [4.69, 9.17) is 4.98 Å². The van der Waals surface area contributed by atoms with Crippen molar-refractivity contribution < 1.29 is 0 Å². The van der Waals surface area contributed by atoms with Crippen molar-refractivity contribution >= 4 is 0 Å². The minimum atomic E-state index is 0.398. The van der Waals surface area contributed by atoms with E-state index in [2.05, 4.69) is 33.9 Å². The van der Waals surface area contributed by atoms with Gasteiger partial charge in [0.2, 0.25) is 0 Å². The quantitative estimate of drug-likeness (QED) is 0.917. The average Bonchev–Trinajstić information content (AvgIpc) is 3.10. The van der Waals surface area contributed by atoms with E-state index in [-0.39, 0.29) is 0 Å². The predicted octanol–water partition coefficient (Wildman–Crippen LogP) is 2.41. The van der Waals surface area contributed by atoms with Crippen LogP contribution >= 0.6 is 0 Å².